The van der Waals surface area contributed by atoms with E-state index in [0.29, 0.717) is 7.14 Å². The summed E-state index contributed by atoms with van der Waals surface area (Å²) in [5.41, 5.74) is -0.681. The molecule has 0 unspecified atom stereocenters. The van der Waals surface area contributed by atoms with Crippen molar-refractivity contribution in [1.29, 1.82) is 0 Å². The maximum atomic E-state index is 12.6. The van der Waals surface area contributed by atoms with Gasteiger partial charge in [-0.05, 0) is 95.4 Å². The predicted octanol–water partition coefficient (Wildman–Crippen LogP) is -0.791. The Morgan fingerprint density at radius 2 is 1.06 bits per heavy atom. The number of aromatic carboxylic acids is 1. The molecule has 0 saturated heterocycles. The predicted molar refractivity (Wildman–Crippen MR) is 199 cm³/mol. The first-order valence-electron chi connectivity index (χ1n) is 13.9. The summed E-state index contributed by atoms with van der Waals surface area (Å²) in [6.45, 7) is 3.06. The maximum absolute atomic E-state index is 12.6. The van der Waals surface area contributed by atoms with Crippen LogP contribution in [0.5, 0.6) is 12.0 Å². The average Bonchev–Trinajstić information content (AvgIpc) is 3.06. The third kappa shape index (κ3) is 13.0. The molecule has 54 heavy (non-hydrogen) atoms. The van der Waals surface area contributed by atoms with E-state index < -0.39 is 59.4 Å². The number of hydrogen-bond acceptors (Lipinski definition) is 17. The number of anilines is 2. The molecule has 0 fully saturated rings. The Kier molecular flexibility index (Phi) is 17.1. The first-order valence-corrected chi connectivity index (χ1v) is 19.0. The second kappa shape index (κ2) is 20.0. The van der Waals surface area contributed by atoms with Crippen LogP contribution in [0.25, 0.3) is 0 Å². The number of sulfonamides is 2. The van der Waals surface area contributed by atoms with Gasteiger partial charge in [0.1, 0.15) is 21.4 Å². The van der Waals surface area contributed by atoms with E-state index >= 15 is 0 Å². The minimum atomic E-state index is -4.45. The molecular formula is C27H27I2N10NaO12S2. The Morgan fingerprint density at radius 1 is 0.667 bits per heavy atom. The fraction of sp³-hybridized carbons (Fsp3) is 0.185. The number of ether oxygens (including phenoxy) is 3. The number of rotatable bonds is 10. The largest absolute Gasteiger partial charge is 1.00 e. The summed E-state index contributed by atoms with van der Waals surface area (Å²) in [5.74, 6) is -2.25. The molecule has 2 heterocycles. The smallest absolute Gasteiger partial charge is 1.00 e. The molecule has 2 aromatic carbocycles. The molecule has 22 nitrogen and oxygen atoms in total. The summed E-state index contributed by atoms with van der Waals surface area (Å²) in [5, 5.41) is 13.4. The van der Waals surface area contributed by atoms with Crippen LogP contribution in [0.4, 0.5) is 21.5 Å². The molecule has 4 amide bonds. The molecular weight excluding hydrogens is 997 g/mol. The number of halogens is 2. The van der Waals surface area contributed by atoms with Crippen molar-refractivity contribution < 1.29 is 86.3 Å². The average molecular weight is 1020 g/mol. The van der Waals surface area contributed by atoms with Crippen LogP contribution in [0.3, 0.4) is 0 Å². The molecule has 4 aromatic rings. The number of nitrogens with one attached hydrogen (secondary N) is 4. The maximum Gasteiger partial charge on any atom is 1.00 e. The summed E-state index contributed by atoms with van der Waals surface area (Å²) in [6.07, 6.45) is 0. The molecule has 0 bridgehead atoms. The van der Waals surface area contributed by atoms with E-state index in [4.69, 9.17) is 14.6 Å². The molecule has 284 valence electrons. The van der Waals surface area contributed by atoms with Gasteiger partial charge in [0.05, 0.1) is 32.5 Å². The van der Waals surface area contributed by atoms with E-state index in [1.54, 1.807) is 16.4 Å². The van der Waals surface area contributed by atoms with Crippen LogP contribution >= 0.6 is 45.2 Å². The topological polar surface area (TPSA) is 310 Å². The Labute approximate surface area is 357 Å². The summed E-state index contributed by atoms with van der Waals surface area (Å²) in [4.78, 5) is 69.0. The number of carboxylic acid groups (broad SMARTS) is 1. The van der Waals surface area contributed by atoms with E-state index in [-0.39, 0.29) is 72.1 Å². The normalized spacial score (nSPS) is 10.6. The summed E-state index contributed by atoms with van der Waals surface area (Å²) >= 11 is 3.70. The second-order valence-corrected chi connectivity index (χ2v) is 15.4. The number of urea groups is 2. The number of aryl methyl sites for hydroxylation is 2. The van der Waals surface area contributed by atoms with Crippen LogP contribution in [-0.4, -0.2) is 97.2 Å². The second-order valence-electron chi connectivity index (χ2n) is 9.58. The van der Waals surface area contributed by atoms with E-state index in [0.717, 1.165) is 19.2 Å². The molecule has 0 saturated carbocycles. The number of carbonyl (C=O) groups excluding carboxylic acids is 3. The number of carboxylic acids is 1. The molecule has 0 spiro atoms. The van der Waals surface area contributed by atoms with Gasteiger partial charge in [0.2, 0.25) is 11.9 Å². The monoisotopic (exact) mass is 1020 g/mol. The van der Waals surface area contributed by atoms with Crippen molar-refractivity contribution in [2.24, 2.45) is 0 Å². The van der Waals surface area contributed by atoms with E-state index in [1.165, 1.54) is 45.4 Å². The standard InChI is InChI=1S/C14H14IN5O6S.C13H12IN5O6S.Na.H/c1-7-16-12(19-14(17-7)26-3)18-13(22)20-27(23,24)10-6-8(15)4-5-9(10)11(21)25-2;1-6-15-11(18-13(16-6)25-2)17-12(22)19-26(23,24)9-5-7(14)3-4-8(9)10(20)21;;/h4-6H,1-3H3,(H2,16,17,18,19,20,22);3-5H,1-2H3,(H,20,21)(H2,15,16,17,18,19,22);;/q;;+1;-1. The van der Waals surface area contributed by atoms with Crippen LogP contribution in [0.15, 0.2) is 46.2 Å². The Morgan fingerprint density at radius 3 is 1.43 bits per heavy atom. The molecule has 4 rings (SSSR count). The fourth-order valence-electron chi connectivity index (χ4n) is 3.71. The molecule has 0 radical (unpaired) electrons. The van der Waals surface area contributed by atoms with Gasteiger partial charge in [0.15, 0.2) is 0 Å². The zero-order chi connectivity index (χ0) is 39.7. The van der Waals surface area contributed by atoms with E-state index in [1.807, 2.05) is 45.2 Å². The minimum absolute atomic E-state index is 0. The Hall–Kier alpha value is -4.10. The number of esters is 1. The van der Waals surface area contributed by atoms with E-state index in [9.17, 15) is 36.0 Å². The molecule has 0 aliphatic carbocycles. The van der Waals surface area contributed by atoms with Crippen LogP contribution in [-0.2, 0) is 24.8 Å². The minimum Gasteiger partial charge on any atom is -1.00 e. The van der Waals surface area contributed by atoms with Crippen LogP contribution < -0.4 is 59.1 Å². The van der Waals surface area contributed by atoms with Gasteiger partial charge in [-0.1, -0.05) is 0 Å². The molecule has 0 aliphatic rings. The Bertz CT molecular complexity index is 2310. The molecule has 27 heteroatoms. The number of nitrogens with zero attached hydrogens (tertiary/aromatic N) is 6. The summed E-state index contributed by atoms with van der Waals surface area (Å²) in [6, 6.07) is 5.35. The SMILES string of the molecule is COC(=O)c1ccc(I)cc1S(=O)(=O)NC(=O)Nc1nc(C)nc(OC)n1.COc1nc(C)nc(NC(=O)NS(=O)(=O)c2cc(I)ccc2C(=O)O)n1.[H-].[Na+]. The number of aromatic nitrogens is 6. The zero-order valence-corrected chi connectivity index (χ0v) is 36.6. The van der Waals surface area contributed by atoms with Crippen LogP contribution in [0, 0.1) is 21.0 Å². The molecule has 5 N–H and O–H groups in total. The quantitative estimate of drug-likeness (QED) is 0.0738. The fourth-order valence-corrected chi connectivity index (χ4v) is 7.37. The van der Waals surface area contributed by atoms with Crippen molar-refractivity contribution in [1.82, 2.24) is 39.3 Å². The van der Waals surface area contributed by atoms with Gasteiger partial charge in [0, 0.05) is 7.14 Å². The van der Waals surface area contributed by atoms with Crippen molar-refractivity contribution >= 4 is 101 Å². The number of carbonyl (C=O) groups is 4. The van der Waals surface area contributed by atoms with Gasteiger partial charge in [-0.15, -0.1) is 0 Å². The van der Waals surface area contributed by atoms with Crippen molar-refractivity contribution in [3.05, 3.63) is 66.3 Å². The van der Waals surface area contributed by atoms with Gasteiger partial charge in [-0.2, -0.15) is 29.9 Å². The third-order valence-corrected chi connectivity index (χ3v) is 9.91. The zero-order valence-electron chi connectivity index (χ0n) is 29.7. The number of hydrogen-bond donors (Lipinski definition) is 5. The first-order chi connectivity index (χ1) is 24.8. The van der Waals surface area contributed by atoms with Crippen molar-refractivity contribution in [2.75, 3.05) is 32.0 Å². The van der Waals surface area contributed by atoms with Crippen LogP contribution in [0.1, 0.15) is 33.8 Å². The molecule has 0 atom stereocenters. The van der Waals surface area contributed by atoms with Crippen molar-refractivity contribution in [3.8, 4) is 12.0 Å². The van der Waals surface area contributed by atoms with Gasteiger partial charge in [-0.3, -0.25) is 10.6 Å². The molecule has 2 aromatic heterocycles. The first kappa shape index (κ1) is 46.1. The van der Waals surface area contributed by atoms with Crippen molar-refractivity contribution in [2.45, 2.75) is 23.6 Å². The summed E-state index contributed by atoms with van der Waals surface area (Å²) < 4.78 is 68.7. The Balaban J connectivity index is 0.000000531. The van der Waals surface area contributed by atoms with Gasteiger partial charge in [0.25, 0.3) is 20.0 Å². The third-order valence-electron chi connectivity index (χ3n) is 5.83. The number of amides is 4. The number of benzene rings is 2. The summed E-state index contributed by atoms with van der Waals surface area (Å²) in [7, 11) is -5.08. The van der Waals surface area contributed by atoms with E-state index in [2.05, 4.69) is 45.3 Å². The van der Waals surface area contributed by atoms with Gasteiger partial charge < -0.3 is 20.7 Å². The van der Waals surface area contributed by atoms with Gasteiger partial charge >= 0.3 is 65.6 Å². The van der Waals surface area contributed by atoms with Gasteiger partial charge in [-0.25, -0.2) is 45.5 Å². The number of methoxy groups -OCH3 is 3. The van der Waals surface area contributed by atoms with Crippen molar-refractivity contribution in [3.63, 3.8) is 0 Å². The van der Waals surface area contributed by atoms with Crippen LogP contribution in [0.2, 0.25) is 0 Å². The molecule has 0 aliphatic heterocycles.